The van der Waals surface area contributed by atoms with Crippen molar-refractivity contribution >= 4 is 29.1 Å². The lowest BCUT2D eigenvalue weighted by atomic mass is 10.1. The highest BCUT2D eigenvalue weighted by atomic mass is 35.5. The molecule has 3 nitrogen and oxygen atoms in total. The summed E-state index contributed by atoms with van der Waals surface area (Å²) in [6.45, 7) is 1.85. The highest BCUT2D eigenvalue weighted by Gasteiger charge is 2.13. The molecule has 0 aliphatic heterocycles. The summed E-state index contributed by atoms with van der Waals surface area (Å²) in [5.74, 6) is 0.0310. The Balaban J connectivity index is 2.73. The molecule has 16 heavy (non-hydrogen) atoms. The molecule has 0 heterocycles. The number of amides is 1. The maximum absolute atomic E-state index is 11.7. The molecule has 88 valence electrons. The van der Waals surface area contributed by atoms with E-state index in [-0.39, 0.29) is 23.3 Å². The Morgan fingerprint density at radius 2 is 2.25 bits per heavy atom. The summed E-state index contributed by atoms with van der Waals surface area (Å²) in [5, 5.41) is 12.7. The number of carbonyl (C=O) groups is 1. The molecule has 1 rings (SSSR count). The first kappa shape index (κ1) is 13.1. The van der Waals surface area contributed by atoms with Gasteiger partial charge in [0.1, 0.15) is 5.75 Å². The van der Waals surface area contributed by atoms with Crippen LogP contribution in [0.5, 0.6) is 5.75 Å². The molecule has 0 aliphatic carbocycles. The zero-order valence-corrected chi connectivity index (χ0v) is 10.3. The summed E-state index contributed by atoms with van der Waals surface area (Å²) in [5.41, 5.74) is 0.214. The van der Waals surface area contributed by atoms with E-state index < -0.39 is 0 Å². The van der Waals surface area contributed by atoms with E-state index in [4.69, 9.17) is 23.2 Å². The van der Waals surface area contributed by atoms with Crippen molar-refractivity contribution in [3.8, 4) is 5.75 Å². The summed E-state index contributed by atoms with van der Waals surface area (Å²) < 4.78 is 0. The van der Waals surface area contributed by atoms with Crippen molar-refractivity contribution in [2.45, 2.75) is 19.4 Å². The first-order valence-electron chi connectivity index (χ1n) is 4.90. The van der Waals surface area contributed by atoms with Gasteiger partial charge in [-0.05, 0) is 31.5 Å². The van der Waals surface area contributed by atoms with E-state index >= 15 is 0 Å². The van der Waals surface area contributed by atoms with Crippen molar-refractivity contribution < 1.29 is 9.90 Å². The molecule has 0 bridgehead atoms. The largest absolute Gasteiger partial charge is 0.507 e. The molecule has 1 aromatic rings. The Morgan fingerprint density at radius 3 is 2.81 bits per heavy atom. The summed E-state index contributed by atoms with van der Waals surface area (Å²) >= 11 is 11.2. The van der Waals surface area contributed by atoms with E-state index in [0.29, 0.717) is 17.3 Å². The van der Waals surface area contributed by atoms with E-state index in [0.717, 1.165) is 0 Å². The van der Waals surface area contributed by atoms with Crippen LogP contribution in [0.15, 0.2) is 18.2 Å². The van der Waals surface area contributed by atoms with Gasteiger partial charge in [-0.2, -0.15) is 0 Å². The monoisotopic (exact) mass is 261 g/mol. The van der Waals surface area contributed by atoms with Gasteiger partial charge in [0.15, 0.2) is 0 Å². The lowest BCUT2D eigenvalue weighted by Crippen LogP contribution is -2.32. The molecule has 0 radical (unpaired) electrons. The third-order valence-electron chi connectivity index (χ3n) is 2.12. The fraction of sp³-hybridized carbons (Fsp3) is 0.364. The zero-order chi connectivity index (χ0) is 12.1. The number of phenols is 1. The number of aromatic hydroxyl groups is 1. The van der Waals surface area contributed by atoms with Gasteiger partial charge in [-0.15, -0.1) is 11.6 Å². The zero-order valence-electron chi connectivity index (χ0n) is 8.84. The maximum atomic E-state index is 11.7. The van der Waals surface area contributed by atoms with Crippen LogP contribution in [0, 0.1) is 0 Å². The Hall–Kier alpha value is -0.930. The number of carbonyl (C=O) groups excluding carboxylic acids is 1. The molecule has 1 amide bonds. The molecule has 1 aromatic carbocycles. The standard InChI is InChI=1S/C11H13Cl2NO2/c1-7(4-5-12)14-11(16)9-3-2-8(13)6-10(9)15/h2-3,6-7,15H,4-5H2,1H3,(H,14,16). The number of benzene rings is 1. The van der Waals surface area contributed by atoms with Crippen LogP contribution in [0.3, 0.4) is 0 Å². The van der Waals surface area contributed by atoms with Gasteiger partial charge < -0.3 is 10.4 Å². The minimum absolute atomic E-state index is 0.0277. The summed E-state index contributed by atoms with van der Waals surface area (Å²) in [6.07, 6.45) is 0.682. The quantitative estimate of drug-likeness (QED) is 0.820. The van der Waals surface area contributed by atoms with Crippen molar-refractivity contribution in [1.29, 1.82) is 0 Å². The second-order valence-corrected chi connectivity index (χ2v) is 4.33. The average Bonchev–Trinajstić information content (AvgIpc) is 2.17. The fourth-order valence-electron chi connectivity index (χ4n) is 1.23. The molecule has 5 heteroatoms. The molecule has 1 unspecified atom stereocenters. The van der Waals surface area contributed by atoms with Crippen molar-refractivity contribution in [2.75, 3.05) is 5.88 Å². The van der Waals surface area contributed by atoms with Crippen LogP contribution in [0.2, 0.25) is 5.02 Å². The molecule has 0 spiro atoms. The molecular formula is C11H13Cl2NO2. The smallest absolute Gasteiger partial charge is 0.255 e. The first-order valence-corrected chi connectivity index (χ1v) is 5.81. The topological polar surface area (TPSA) is 49.3 Å². The van der Waals surface area contributed by atoms with Gasteiger partial charge in [-0.1, -0.05) is 11.6 Å². The van der Waals surface area contributed by atoms with Crippen LogP contribution in [0.25, 0.3) is 0 Å². The van der Waals surface area contributed by atoms with Crippen LogP contribution in [-0.2, 0) is 0 Å². The maximum Gasteiger partial charge on any atom is 0.255 e. The molecule has 0 aromatic heterocycles. The number of hydrogen-bond donors (Lipinski definition) is 2. The van der Waals surface area contributed by atoms with Gasteiger partial charge in [-0.3, -0.25) is 4.79 Å². The summed E-state index contributed by atoms with van der Waals surface area (Å²) in [6, 6.07) is 4.35. The fourth-order valence-corrected chi connectivity index (χ4v) is 1.73. The summed E-state index contributed by atoms with van der Waals surface area (Å²) in [7, 11) is 0. The van der Waals surface area contributed by atoms with Crippen molar-refractivity contribution in [1.82, 2.24) is 5.32 Å². The molecule has 1 atom stereocenters. The van der Waals surface area contributed by atoms with E-state index in [2.05, 4.69) is 5.32 Å². The van der Waals surface area contributed by atoms with E-state index in [1.54, 1.807) is 6.07 Å². The third-order valence-corrected chi connectivity index (χ3v) is 2.58. The molecule has 0 saturated heterocycles. The van der Waals surface area contributed by atoms with Gasteiger partial charge in [-0.25, -0.2) is 0 Å². The lowest BCUT2D eigenvalue weighted by molar-refractivity contribution is 0.0937. The molecule has 0 saturated carbocycles. The van der Waals surface area contributed by atoms with E-state index in [1.807, 2.05) is 6.92 Å². The molecule has 2 N–H and O–H groups in total. The second-order valence-electron chi connectivity index (χ2n) is 3.51. The van der Waals surface area contributed by atoms with E-state index in [1.165, 1.54) is 12.1 Å². The minimum atomic E-state index is -0.327. The Morgan fingerprint density at radius 1 is 1.56 bits per heavy atom. The van der Waals surface area contributed by atoms with Gasteiger partial charge in [0, 0.05) is 16.9 Å². The van der Waals surface area contributed by atoms with Crippen LogP contribution < -0.4 is 5.32 Å². The molecule has 0 aliphatic rings. The van der Waals surface area contributed by atoms with Crippen LogP contribution >= 0.6 is 23.2 Å². The highest BCUT2D eigenvalue weighted by molar-refractivity contribution is 6.30. The van der Waals surface area contributed by atoms with E-state index in [9.17, 15) is 9.90 Å². The van der Waals surface area contributed by atoms with Gasteiger partial charge in [0.2, 0.25) is 0 Å². The Kier molecular flexibility index (Phi) is 4.90. The van der Waals surface area contributed by atoms with Crippen molar-refractivity contribution in [3.05, 3.63) is 28.8 Å². The normalized spacial score (nSPS) is 12.2. The average molecular weight is 262 g/mol. The Labute approximate surface area is 104 Å². The van der Waals surface area contributed by atoms with Crippen LogP contribution in [0.4, 0.5) is 0 Å². The number of rotatable bonds is 4. The number of nitrogens with one attached hydrogen (secondary N) is 1. The SMILES string of the molecule is CC(CCCl)NC(=O)c1ccc(Cl)cc1O. The second kappa shape index (κ2) is 5.97. The number of hydrogen-bond acceptors (Lipinski definition) is 2. The van der Waals surface area contributed by atoms with Crippen LogP contribution in [-0.4, -0.2) is 22.9 Å². The number of halogens is 2. The number of alkyl halides is 1. The minimum Gasteiger partial charge on any atom is -0.507 e. The summed E-state index contributed by atoms with van der Waals surface area (Å²) in [4.78, 5) is 11.7. The highest BCUT2D eigenvalue weighted by Crippen LogP contribution is 2.21. The van der Waals surface area contributed by atoms with Gasteiger partial charge in [0.05, 0.1) is 5.56 Å². The molecule has 0 fully saturated rings. The number of phenolic OH excluding ortho intramolecular Hbond substituents is 1. The predicted octanol–water partition coefficient (Wildman–Crippen LogP) is 2.79. The Bertz CT molecular complexity index is 382. The van der Waals surface area contributed by atoms with Gasteiger partial charge >= 0.3 is 0 Å². The first-order chi connectivity index (χ1) is 7.54. The van der Waals surface area contributed by atoms with Gasteiger partial charge in [0.25, 0.3) is 5.91 Å². The lowest BCUT2D eigenvalue weighted by Gasteiger charge is -2.12. The van der Waals surface area contributed by atoms with Crippen LogP contribution in [0.1, 0.15) is 23.7 Å². The third kappa shape index (κ3) is 3.58. The predicted molar refractivity (Wildman–Crippen MR) is 65.4 cm³/mol. The van der Waals surface area contributed by atoms with Crippen molar-refractivity contribution in [2.24, 2.45) is 0 Å². The molecular weight excluding hydrogens is 249 g/mol. The van der Waals surface area contributed by atoms with Crippen molar-refractivity contribution in [3.63, 3.8) is 0 Å².